The summed E-state index contributed by atoms with van der Waals surface area (Å²) in [7, 11) is 1.64. The van der Waals surface area contributed by atoms with Gasteiger partial charge in [-0.1, -0.05) is 19.1 Å². The average Bonchev–Trinajstić information content (AvgIpc) is 3.35. The molecule has 7 nitrogen and oxygen atoms in total. The van der Waals surface area contributed by atoms with Gasteiger partial charge in [0.25, 0.3) is 0 Å². The Bertz CT molecular complexity index is 899. The molecule has 0 saturated heterocycles. The summed E-state index contributed by atoms with van der Waals surface area (Å²) < 4.78 is 9.16. The molecule has 1 N–H and O–H groups in total. The number of hydrogen-bond donors (Lipinski definition) is 1. The van der Waals surface area contributed by atoms with Gasteiger partial charge in [-0.15, -0.1) is 0 Å². The molecule has 2 aromatic heterocycles. The maximum atomic E-state index is 12.3. The number of benzene rings is 1. The summed E-state index contributed by atoms with van der Waals surface area (Å²) in [4.78, 5) is 16.6. The van der Waals surface area contributed by atoms with E-state index < -0.39 is 0 Å². The van der Waals surface area contributed by atoms with Gasteiger partial charge in [-0.05, 0) is 19.1 Å². The number of carbonyl (C=O) groups excluding carboxylic acids is 1. The zero-order valence-corrected chi connectivity index (χ0v) is 15.9. The minimum Gasteiger partial charge on any atom is -0.494 e. The summed E-state index contributed by atoms with van der Waals surface area (Å²) in [6, 6.07) is 7.55. The Kier molecular flexibility index (Phi) is 5.90. The maximum Gasteiger partial charge on any atom is 0.222 e. The van der Waals surface area contributed by atoms with E-state index in [1.807, 2.05) is 48.1 Å². The predicted octanol–water partition coefficient (Wildman–Crippen LogP) is 2.91. The van der Waals surface area contributed by atoms with E-state index >= 15 is 0 Å². The fraction of sp³-hybridized carbons (Fsp3) is 0.350. The lowest BCUT2D eigenvalue weighted by atomic mass is 10.2. The summed E-state index contributed by atoms with van der Waals surface area (Å²) in [5.74, 6) is 1.74. The molecule has 0 saturated carbocycles. The van der Waals surface area contributed by atoms with E-state index in [-0.39, 0.29) is 11.9 Å². The average molecular weight is 367 g/mol. The molecule has 0 fully saturated rings. The Hall–Kier alpha value is -3.09. The normalized spacial score (nSPS) is 12.0. The van der Waals surface area contributed by atoms with Gasteiger partial charge in [-0.2, -0.15) is 5.10 Å². The Morgan fingerprint density at radius 1 is 1.33 bits per heavy atom. The van der Waals surface area contributed by atoms with Crippen LogP contribution in [0.25, 0.3) is 5.69 Å². The van der Waals surface area contributed by atoms with E-state index in [4.69, 9.17) is 4.74 Å². The number of amides is 1. The lowest BCUT2D eigenvalue weighted by Crippen LogP contribution is -2.27. The number of nitrogens with zero attached hydrogens (tertiary/aromatic N) is 4. The van der Waals surface area contributed by atoms with Crippen molar-refractivity contribution in [3.05, 3.63) is 60.4 Å². The van der Waals surface area contributed by atoms with E-state index in [1.165, 1.54) is 0 Å². The van der Waals surface area contributed by atoms with Crippen LogP contribution in [-0.4, -0.2) is 32.3 Å². The Balaban J connectivity index is 1.60. The number of nitrogens with one attached hydrogen (secondary N) is 1. The summed E-state index contributed by atoms with van der Waals surface area (Å²) >= 11 is 0. The second-order valence-corrected chi connectivity index (χ2v) is 6.32. The smallest absolute Gasteiger partial charge is 0.222 e. The predicted molar refractivity (Wildman–Crippen MR) is 103 cm³/mol. The third-order valence-electron chi connectivity index (χ3n) is 4.51. The number of para-hydroxylation sites is 2. The van der Waals surface area contributed by atoms with Crippen molar-refractivity contribution in [2.75, 3.05) is 7.11 Å². The highest BCUT2D eigenvalue weighted by Crippen LogP contribution is 2.23. The van der Waals surface area contributed by atoms with E-state index in [2.05, 4.69) is 22.3 Å². The van der Waals surface area contributed by atoms with Crippen molar-refractivity contribution in [2.45, 2.75) is 39.3 Å². The van der Waals surface area contributed by atoms with Crippen molar-refractivity contribution >= 4 is 5.91 Å². The highest BCUT2D eigenvalue weighted by Gasteiger charge is 2.14. The molecule has 3 rings (SSSR count). The van der Waals surface area contributed by atoms with Crippen molar-refractivity contribution in [3.8, 4) is 11.4 Å². The van der Waals surface area contributed by atoms with E-state index in [0.29, 0.717) is 13.0 Å². The summed E-state index contributed by atoms with van der Waals surface area (Å²) in [5.41, 5.74) is 1.79. The number of rotatable bonds is 8. The second-order valence-electron chi connectivity index (χ2n) is 6.32. The van der Waals surface area contributed by atoms with Crippen molar-refractivity contribution < 1.29 is 9.53 Å². The molecule has 27 heavy (non-hydrogen) atoms. The van der Waals surface area contributed by atoms with E-state index in [9.17, 15) is 4.79 Å². The fourth-order valence-corrected chi connectivity index (χ4v) is 2.99. The van der Waals surface area contributed by atoms with Gasteiger partial charge in [-0.25, -0.2) is 9.67 Å². The van der Waals surface area contributed by atoms with E-state index in [0.717, 1.165) is 29.2 Å². The van der Waals surface area contributed by atoms with Crippen LogP contribution in [0.3, 0.4) is 0 Å². The molecule has 3 aromatic rings. The zero-order valence-electron chi connectivity index (χ0n) is 15.9. The summed E-state index contributed by atoms with van der Waals surface area (Å²) in [6.07, 6.45) is 8.62. The molecule has 1 unspecified atom stereocenters. The van der Waals surface area contributed by atoms with Gasteiger partial charge in [0, 0.05) is 43.5 Å². The molecule has 0 bridgehead atoms. The molecule has 142 valence electrons. The van der Waals surface area contributed by atoms with Crippen molar-refractivity contribution in [2.24, 2.45) is 0 Å². The Labute approximate surface area is 159 Å². The molecule has 1 amide bonds. The van der Waals surface area contributed by atoms with Crippen LogP contribution in [0.2, 0.25) is 0 Å². The minimum atomic E-state index is -0.130. The quantitative estimate of drug-likeness (QED) is 0.664. The van der Waals surface area contributed by atoms with Crippen LogP contribution in [-0.2, 0) is 17.8 Å². The van der Waals surface area contributed by atoms with Gasteiger partial charge in [0.05, 0.1) is 19.3 Å². The second kappa shape index (κ2) is 8.53. The molecule has 0 aliphatic carbocycles. The van der Waals surface area contributed by atoms with Crippen LogP contribution in [0.15, 0.2) is 49.1 Å². The van der Waals surface area contributed by atoms with E-state index in [1.54, 1.807) is 24.2 Å². The van der Waals surface area contributed by atoms with Gasteiger partial charge >= 0.3 is 0 Å². The highest BCUT2D eigenvalue weighted by molar-refractivity contribution is 5.76. The standard InChI is InChI=1S/C20H25N5O2/c1-4-19-21-10-12-24(19)11-9-20(26)23-15(2)16-13-22-25(14-16)17-7-5-6-8-18(17)27-3/h5-8,10,12-15H,4,9,11H2,1-3H3,(H,23,26). The molecule has 1 atom stereocenters. The molecule has 2 heterocycles. The van der Waals surface area contributed by atoms with Gasteiger partial charge in [0.2, 0.25) is 5.91 Å². The number of carbonyl (C=O) groups is 1. The number of imidazole rings is 1. The van der Waals surface area contributed by atoms with Gasteiger partial charge < -0.3 is 14.6 Å². The lowest BCUT2D eigenvalue weighted by Gasteiger charge is -2.13. The van der Waals surface area contributed by atoms with Crippen LogP contribution in [0.1, 0.15) is 37.7 Å². The number of hydrogen-bond acceptors (Lipinski definition) is 4. The first-order chi connectivity index (χ1) is 13.1. The number of aromatic nitrogens is 4. The van der Waals surface area contributed by atoms with Crippen molar-refractivity contribution in [1.82, 2.24) is 24.6 Å². The number of aryl methyl sites for hydroxylation is 2. The van der Waals surface area contributed by atoms with Gasteiger partial charge in [0.15, 0.2) is 0 Å². The van der Waals surface area contributed by atoms with Crippen LogP contribution >= 0.6 is 0 Å². The van der Waals surface area contributed by atoms with Gasteiger partial charge in [-0.3, -0.25) is 4.79 Å². The molecular formula is C20H25N5O2. The fourth-order valence-electron chi connectivity index (χ4n) is 2.99. The first kappa shape index (κ1) is 18.7. The molecule has 7 heteroatoms. The monoisotopic (exact) mass is 367 g/mol. The minimum absolute atomic E-state index is 0.00305. The van der Waals surface area contributed by atoms with Crippen LogP contribution in [0, 0.1) is 0 Å². The van der Waals surface area contributed by atoms with Crippen molar-refractivity contribution in [3.63, 3.8) is 0 Å². The molecule has 0 aliphatic heterocycles. The largest absolute Gasteiger partial charge is 0.494 e. The SMILES string of the molecule is CCc1nccn1CCC(=O)NC(C)c1cnn(-c2ccccc2OC)c1. The van der Waals surface area contributed by atoms with Crippen LogP contribution in [0.5, 0.6) is 5.75 Å². The third-order valence-corrected chi connectivity index (χ3v) is 4.51. The molecule has 0 aliphatic rings. The Morgan fingerprint density at radius 3 is 2.93 bits per heavy atom. The Morgan fingerprint density at radius 2 is 2.15 bits per heavy atom. The molecular weight excluding hydrogens is 342 g/mol. The number of methoxy groups -OCH3 is 1. The summed E-state index contributed by atoms with van der Waals surface area (Å²) in [6.45, 7) is 4.64. The van der Waals surface area contributed by atoms with Gasteiger partial charge in [0.1, 0.15) is 17.3 Å². The molecule has 0 spiro atoms. The zero-order chi connectivity index (χ0) is 19.2. The summed E-state index contributed by atoms with van der Waals surface area (Å²) in [5, 5.41) is 7.44. The number of ether oxygens (including phenoxy) is 1. The molecule has 1 aromatic carbocycles. The third kappa shape index (κ3) is 4.36. The molecule has 0 radical (unpaired) electrons. The topological polar surface area (TPSA) is 74.0 Å². The van der Waals surface area contributed by atoms with Crippen LogP contribution in [0.4, 0.5) is 0 Å². The first-order valence-corrected chi connectivity index (χ1v) is 9.09. The highest BCUT2D eigenvalue weighted by atomic mass is 16.5. The maximum absolute atomic E-state index is 12.3. The van der Waals surface area contributed by atoms with Crippen molar-refractivity contribution in [1.29, 1.82) is 0 Å². The first-order valence-electron chi connectivity index (χ1n) is 9.09. The lowest BCUT2D eigenvalue weighted by molar-refractivity contribution is -0.121. The van der Waals surface area contributed by atoms with Crippen LogP contribution < -0.4 is 10.1 Å².